The van der Waals surface area contributed by atoms with Crippen LogP contribution in [0, 0.1) is 5.92 Å². The zero-order chi connectivity index (χ0) is 15.0. The molecule has 2 N–H and O–H groups in total. The van der Waals surface area contributed by atoms with E-state index in [1.165, 1.54) is 5.57 Å². The molecule has 2 aliphatic rings. The minimum atomic E-state index is -0.898. The maximum atomic E-state index is 10.9. The first-order valence-corrected chi connectivity index (χ1v) is 7.53. The Bertz CT molecular complexity index is 367. The third-order valence-electron chi connectivity index (χ3n) is 4.80. The maximum Gasteiger partial charge on any atom is 0.0998 e. The van der Waals surface area contributed by atoms with Crippen LogP contribution in [0.25, 0.3) is 0 Å². The number of methoxy groups -OCH3 is 1. The second kappa shape index (κ2) is 5.76. The van der Waals surface area contributed by atoms with Crippen molar-refractivity contribution < 1.29 is 19.7 Å². The molecule has 4 heteroatoms. The molecule has 1 spiro atoms. The Morgan fingerprint density at radius 2 is 2.15 bits per heavy atom. The van der Waals surface area contributed by atoms with Crippen LogP contribution in [0.3, 0.4) is 0 Å². The minimum absolute atomic E-state index is 0.172. The molecule has 0 bridgehead atoms. The van der Waals surface area contributed by atoms with Crippen molar-refractivity contribution >= 4 is 0 Å². The highest BCUT2D eigenvalue weighted by molar-refractivity contribution is 5.12. The number of aliphatic hydroxyl groups excluding tert-OH is 1. The second-order valence-corrected chi connectivity index (χ2v) is 6.81. The first kappa shape index (κ1) is 16.0. The maximum absolute atomic E-state index is 10.9. The summed E-state index contributed by atoms with van der Waals surface area (Å²) >= 11 is 0. The summed E-state index contributed by atoms with van der Waals surface area (Å²) in [7, 11) is 1.61. The van der Waals surface area contributed by atoms with Crippen molar-refractivity contribution in [2.45, 2.75) is 69.9 Å². The Hall–Kier alpha value is -0.420. The zero-order valence-electron chi connectivity index (χ0n) is 13.1. The van der Waals surface area contributed by atoms with E-state index in [-0.39, 0.29) is 17.6 Å². The lowest BCUT2D eigenvalue weighted by Crippen LogP contribution is -2.57. The minimum Gasteiger partial charge on any atom is -0.390 e. The Kier molecular flexibility index (Phi) is 4.59. The molecule has 1 saturated heterocycles. The van der Waals surface area contributed by atoms with Gasteiger partial charge in [-0.15, -0.1) is 0 Å². The largest absolute Gasteiger partial charge is 0.390 e. The molecule has 0 radical (unpaired) electrons. The van der Waals surface area contributed by atoms with Crippen molar-refractivity contribution in [2.75, 3.05) is 13.7 Å². The van der Waals surface area contributed by atoms with Gasteiger partial charge in [0.1, 0.15) is 0 Å². The van der Waals surface area contributed by atoms with Gasteiger partial charge in [-0.3, -0.25) is 0 Å². The monoisotopic (exact) mass is 284 g/mol. The number of rotatable bonds is 5. The summed E-state index contributed by atoms with van der Waals surface area (Å²) in [5.41, 5.74) is 0.0731. The van der Waals surface area contributed by atoms with Crippen LogP contribution in [0.4, 0.5) is 0 Å². The van der Waals surface area contributed by atoms with Crippen LogP contribution in [0.5, 0.6) is 0 Å². The molecule has 1 aliphatic heterocycles. The van der Waals surface area contributed by atoms with Gasteiger partial charge in [-0.2, -0.15) is 0 Å². The van der Waals surface area contributed by atoms with Gasteiger partial charge in [0, 0.05) is 13.0 Å². The summed E-state index contributed by atoms with van der Waals surface area (Å²) in [5.74, 6) is -0.172. The van der Waals surface area contributed by atoms with Gasteiger partial charge in [-0.05, 0) is 46.5 Å². The predicted molar refractivity (Wildman–Crippen MR) is 77.5 cm³/mol. The van der Waals surface area contributed by atoms with E-state index < -0.39 is 11.7 Å². The average molecular weight is 284 g/mol. The molecule has 0 aromatic rings. The molecule has 1 aliphatic carbocycles. The molecule has 2 rings (SSSR count). The van der Waals surface area contributed by atoms with Gasteiger partial charge in [0.15, 0.2) is 0 Å². The first-order chi connectivity index (χ1) is 9.32. The summed E-state index contributed by atoms with van der Waals surface area (Å²) in [5, 5.41) is 21.1. The summed E-state index contributed by atoms with van der Waals surface area (Å²) in [6.07, 6.45) is 4.23. The molecule has 0 amide bonds. The zero-order valence-corrected chi connectivity index (χ0v) is 13.1. The van der Waals surface area contributed by atoms with Gasteiger partial charge in [-0.1, -0.05) is 11.6 Å². The Morgan fingerprint density at radius 3 is 2.65 bits per heavy atom. The number of ether oxygens (including phenoxy) is 2. The molecule has 4 nitrogen and oxygen atoms in total. The van der Waals surface area contributed by atoms with Crippen LogP contribution in [0.1, 0.15) is 46.5 Å². The van der Waals surface area contributed by atoms with Gasteiger partial charge in [-0.25, -0.2) is 0 Å². The first-order valence-electron chi connectivity index (χ1n) is 7.53. The fraction of sp³-hybridized carbons (Fsp3) is 0.875. The van der Waals surface area contributed by atoms with E-state index in [9.17, 15) is 10.2 Å². The van der Waals surface area contributed by atoms with Gasteiger partial charge in [0.2, 0.25) is 0 Å². The molecular weight excluding hydrogens is 256 g/mol. The van der Waals surface area contributed by atoms with Crippen molar-refractivity contribution in [3.8, 4) is 0 Å². The Balaban J connectivity index is 2.14. The lowest BCUT2D eigenvalue weighted by molar-refractivity contribution is -0.164. The molecule has 1 heterocycles. The summed E-state index contributed by atoms with van der Waals surface area (Å²) in [4.78, 5) is 0. The number of aliphatic hydroxyl groups is 2. The second-order valence-electron chi connectivity index (χ2n) is 6.81. The standard InChI is InChI=1S/C16H28O4/c1-11(2)6-5-8-15(3,18)14-13(19-4)12(17)7-9-16(14)10-20-16/h6,12-14,17-18H,5,7-10H2,1-4H3/t12-,13-,14-,15?,16+/m1/s1. The Labute approximate surface area is 121 Å². The third-order valence-corrected chi connectivity index (χ3v) is 4.80. The van der Waals surface area contributed by atoms with Crippen molar-refractivity contribution in [1.29, 1.82) is 0 Å². The van der Waals surface area contributed by atoms with Crippen molar-refractivity contribution in [1.82, 2.24) is 0 Å². The van der Waals surface area contributed by atoms with E-state index in [0.717, 1.165) is 12.8 Å². The van der Waals surface area contributed by atoms with E-state index in [1.807, 2.05) is 6.92 Å². The molecular formula is C16H28O4. The van der Waals surface area contributed by atoms with Crippen molar-refractivity contribution in [3.05, 3.63) is 11.6 Å². The van der Waals surface area contributed by atoms with Gasteiger partial charge in [0.25, 0.3) is 0 Å². The number of allylic oxidation sites excluding steroid dienone is 2. The summed E-state index contributed by atoms with van der Waals surface area (Å²) in [6.45, 7) is 6.64. The fourth-order valence-electron chi connectivity index (χ4n) is 3.67. The SMILES string of the molecule is CO[C@@H]1[C@H](O)CC[C@]2(CO2)[C@H]1C(C)(O)CCC=C(C)C. The molecule has 0 aromatic carbocycles. The van der Waals surface area contributed by atoms with Crippen LogP contribution >= 0.6 is 0 Å². The van der Waals surface area contributed by atoms with Crippen LogP contribution < -0.4 is 0 Å². The number of hydrogen-bond acceptors (Lipinski definition) is 4. The van der Waals surface area contributed by atoms with E-state index >= 15 is 0 Å². The lowest BCUT2D eigenvalue weighted by atomic mass is 9.66. The molecule has 5 atom stereocenters. The quantitative estimate of drug-likeness (QED) is 0.599. The summed E-state index contributed by atoms with van der Waals surface area (Å²) in [6, 6.07) is 0. The predicted octanol–water partition coefficient (Wildman–Crippen LogP) is 2.04. The van der Waals surface area contributed by atoms with Crippen LogP contribution in [0.15, 0.2) is 11.6 Å². The van der Waals surface area contributed by atoms with E-state index in [0.29, 0.717) is 19.4 Å². The van der Waals surface area contributed by atoms with Crippen LogP contribution in [0.2, 0.25) is 0 Å². The Morgan fingerprint density at radius 1 is 1.50 bits per heavy atom. The molecule has 20 heavy (non-hydrogen) atoms. The highest BCUT2D eigenvalue weighted by Crippen LogP contribution is 2.52. The van der Waals surface area contributed by atoms with Gasteiger partial charge < -0.3 is 19.7 Å². The van der Waals surface area contributed by atoms with Gasteiger partial charge >= 0.3 is 0 Å². The van der Waals surface area contributed by atoms with Crippen LogP contribution in [-0.4, -0.2) is 47.3 Å². The van der Waals surface area contributed by atoms with Gasteiger partial charge in [0.05, 0.1) is 30.0 Å². The number of hydrogen-bond donors (Lipinski definition) is 2. The van der Waals surface area contributed by atoms with Crippen molar-refractivity contribution in [2.24, 2.45) is 5.92 Å². The molecule has 1 saturated carbocycles. The average Bonchev–Trinajstić information content (AvgIpc) is 3.11. The molecule has 1 unspecified atom stereocenters. The highest BCUT2D eigenvalue weighted by Gasteiger charge is 2.63. The third kappa shape index (κ3) is 3.08. The van der Waals surface area contributed by atoms with Crippen LogP contribution in [-0.2, 0) is 9.47 Å². The fourth-order valence-corrected chi connectivity index (χ4v) is 3.67. The lowest BCUT2D eigenvalue weighted by Gasteiger charge is -2.46. The topological polar surface area (TPSA) is 62.2 Å². The highest BCUT2D eigenvalue weighted by atomic mass is 16.6. The number of epoxide rings is 1. The normalized spacial score (nSPS) is 39.4. The van der Waals surface area contributed by atoms with E-state index in [2.05, 4.69) is 19.9 Å². The molecule has 0 aromatic heterocycles. The van der Waals surface area contributed by atoms with E-state index in [4.69, 9.17) is 9.47 Å². The molecule has 116 valence electrons. The smallest absolute Gasteiger partial charge is 0.0998 e. The van der Waals surface area contributed by atoms with E-state index in [1.54, 1.807) is 7.11 Å². The molecule has 2 fully saturated rings. The summed E-state index contributed by atoms with van der Waals surface area (Å²) < 4.78 is 11.2. The van der Waals surface area contributed by atoms with Crippen molar-refractivity contribution in [3.63, 3.8) is 0 Å².